The van der Waals surface area contributed by atoms with E-state index in [4.69, 9.17) is 9.47 Å². The third-order valence-corrected chi connectivity index (χ3v) is 4.29. The molecule has 1 heterocycles. The maximum atomic E-state index is 12.1. The van der Waals surface area contributed by atoms with E-state index >= 15 is 0 Å². The summed E-state index contributed by atoms with van der Waals surface area (Å²) in [6.07, 6.45) is 3.19. The van der Waals surface area contributed by atoms with Gasteiger partial charge in [0.2, 0.25) is 0 Å². The first-order valence-corrected chi connectivity index (χ1v) is 10.6. The number of aromatic nitrogens is 1. The van der Waals surface area contributed by atoms with Crippen molar-refractivity contribution in [3.05, 3.63) is 59.4 Å². The van der Waals surface area contributed by atoms with Crippen LogP contribution in [0.1, 0.15) is 35.3 Å². The zero-order valence-corrected chi connectivity index (χ0v) is 18.6. The largest absolute Gasteiger partial charge is 0.491 e. The molecule has 0 aliphatic rings. The molecule has 0 aliphatic carbocycles. The number of hydrogen-bond acceptors (Lipinski definition) is 5. The van der Waals surface area contributed by atoms with Gasteiger partial charge in [-0.1, -0.05) is 12.1 Å². The Hall–Kier alpha value is -3.13. The minimum absolute atomic E-state index is 0.148. The predicted octanol–water partition coefficient (Wildman–Crippen LogP) is 2.29. The molecule has 8 heteroatoms. The van der Waals surface area contributed by atoms with Crippen LogP contribution >= 0.6 is 0 Å². The van der Waals surface area contributed by atoms with Crippen molar-refractivity contribution in [3.63, 3.8) is 0 Å². The molecule has 1 aromatic carbocycles. The number of nitrogens with one attached hydrogen (secondary N) is 3. The van der Waals surface area contributed by atoms with Gasteiger partial charge in [-0.25, -0.2) is 4.99 Å². The number of nitrogens with zero attached hydrogens (tertiary/aromatic N) is 2. The normalized spacial score (nSPS) is 11.1. The van der Waals surface area contributed by atoms with E-state index < -0.39 is 0 Å². The number of rotatable bonds is 12. The third-order valence-electron chi connectivity index (χ3n) is 4.29. The minimum Gasteiger partial charge on any atom is -0.491 e. The van der Waals surface area contributed by atoms with Crippen LogP contribution < -0.4 is 20.7 Å². The van der Waals surface area contributed by atoms with Crippen molar-refractivity contribution in [1.82, 2.24) is 20.9 Å². The lowest BCUT2D eigenvalue weighted by Gasteiger charge is -2.14. The van der Waals surface area contributed by atoms with E-state index in [0.717, 1.165) is 23.4 Å². The van der Waals surface area contributed by atoms with Crippen molar-refractivity contribution in [3.8, 4) is 5.75 Å². The van der Waals surface area contributed by atoms with Gasteiger partial charge in [0.25, 0.3) is 5.91 Å². The molecule has 1 aromatic heterocycles. The van der Waals surface area contributed by atoms with Crippen molar-refractivity contribution < 1.29 is 14.3 Å². The number of benzene rings is 1. The van der Waals surface area contributed by atoms with Crippen LogP contribution in [0.3, 0.4) is 0 Å². The van der Waals surface area contributed by atoms with Gasteiger partial charge in [0.1, 0.15) is 12.4 Å². The van der Waals surface area contributed by atoms with Crippen LogP contribution in [0.4, 0.5) is 0 Å². The maximum absolute atomic E-state index is 12.1. The molecule has 0 bridgehead atoms. The second-order valence-corrected chi connectivity index (χ2v) is 6.78. The molecule has 0 fully saturated rings. The van der Waals surface area contributed by atoms with Crippen molar-refractivity contribution in [1.29, 1.82) is 0 Å². The summed E-state index contributed by atoms with van der Waals surface area (Å²) >= 11 is 0. The fraction of sp³-hybridized carbons (Fsp3) is 0.435. The SMILES string of the molecule is CCNC(=NCc1ccc(C)cc1OCCOCC)NCCNC(=O)c1cccnc1. The summed E-state index contributed by atoms with van der Waals surface area (Å²) in [5.41, 5.74) is 2.68. The summed E-state index contributed by atoms with van der Waals surface area (Å²) in [7, 11) is 0. The Morgan fingerprint density at radius 1 is 1.10 bits per heavy atom. The molecule has 3 N–H and O–H groups in total. The number of hydrogen-bond donors (Lipinski definition) is 3. The Morgan fingerprint density at radius 3 is 2.68 bits per heavy atom. The molecule has 0 spiro atoms. The number of amides is 1. The number of aliphatic imine (C=N–C) groups is 1. The van der Waals surface area contributed by atoms with Gasteiger partial charge in [0, 0.05) is 44.2 Å². The Morgan fingerprint density at radius 2 is 1.94 bits per heavy atom. The maximum Gasteiger partial charge on any atom is 0.252 e. The Labute approximate surface area is 184 Å². The van der Waals surface area contributed by atoms with Gasteiger partial charge in [0.05, 0.1) is 18.7 Å². The summed E-state index contributed by atoms with van der Waals surface area (Å²) in [6.45, 7) is 9.97. The van der Waals surface area contributed by atoms with Crippen LogP contribution in [-0.2, 0) is 11.3 Å². The van der Waals surface area contributed by atoms with Gasteiger partial charge in [-0.2, -0.15) is 0 Å². The van der Waals surface area contributed by atoms with Gasteiger partial charge in [0.15, 0.2) is 5.96 Å². The van der Waals surface area contributed by atoms with Crippen LogP contribution in [0.5, 0.6) is 5.75 Å². The average molecular weight is 428 g/mol. The summed E-state index contributed by atoms with van der Waals surface area (Å²) in [6, 6.07) is 9.58. The number of carbonyl (C=O) groups excluding carboxylic acids is 1. The van der Waals surface area contributed by atoms with Crippen molar-refractivity contribution in [2.24, 2.45) is 4.99 Å². The molecule has 2 aromatic rings. The van der Waals surface area contributed by atoms with Gasteiger partial charge < -0.3 is 25.4 Å². The van der Waals surface area contributed by atoms with Crippen molar-refractivity contribution >= 4 is 11.9 Å². The molecule has 0 aliphatic heterocycles. The number of ether oxygens (including phenoxy) is 2. The highest BCUT2D eigenvalue weighted by Gasteiger charge is 2.06. The Balaban J connectivity index is 1.88. The molecule has 8 nitrogen and oxygen atoms in total. The first kappa shape index (κ1) is 24.1. The molecular weight excluding hydrogens is 394 g/mol. The van der Waals surface area contributed by atoms with Crippen LogP contribution in [0.25, 0.3) is 0 Å². The first-order valence-electron chi connectivity index (χ1n) is 10.6. The summed E-state index contributed by atoms with van der Waals surface area (Å²) in [5.74, 6) is 1.35. The van der Waals surface area contributed by atoms with Crippen LogP contribution in [0, 0.1) is 6.92 Å². The molecule has 0 atom stereocenters. The van der Waals surface area contributed by atoms with E-state index in [9.17, 15) is 4.79 Å². The zero-order chi connectivity index (χ0) is 22.3. The van der Waals surface area contributed by atoms with Crippen molar-refractivity contribution in [2.45, 2.75) is 27.3 Å². The number of guanidine groups is 1. The molecule has 0 unspecified atom stereocenters. The van der Waals surface area contributed by atoms with E-state index in [1.165, 1.54) is 0 Å². The highest BCUT2D eigenvalue weighted by molar-refractivity contribution is 5.93. The monoisotopic (exact) mass is 427 g/mol. The molecule has 0 radical (unpaired) electrons. The van der Waals surface area contributed by atoms with E-state index in [-0.39, 0.29) is 5.91 Å². The van der Waals surface area contributed by atoms with Crippen LogP contribution in [-0.4, -0.2) is 56.3 Å². The summed E-state index contributed by atoms with van der Waals surface area (Å²) < 4.78 is 11.2. The number of carbonyl (C=O) groups is 1. The second kappa shape index (κ2) is 14.0. The topological polar surface area (TPSA) is 96.9 Å². The predicted molar refractivity (Wildman–Crippen MR) is 123 cm³/mol. The van der Waals surface area contributed by atoms with Crippen LogP contribution in [0.15, 0.2) is 47.7 Å². The highest BCUT2D eigenvalue weighted by atomic mass is 16.5. The average Bonchev–Trinajstić information content (AvgIpc) is 2.79. The van der Waals surface area contributed by atoms with Gasteiger partial charge >= 0.3 is 0 Å². The van der Waals surface area contributed by atoms with Gasteiger partial charge in [-0.3, -0.25) is 9.78 Å². The van der Waals surface area contributed by atoms with E-state index in [1.54, 1.807) is 24.5 Å². The van der Waals surface area contributed by atoms with Crippen LogP contribution in [0.2, 0.25) is 0 Å². The van der Waals surface area contributed by atoms with E-state index in [0.29, 0.717) is 51.0 Å². The third kappa shape index (κ3) is 9.04. The molecule has 168 valence electrons. The van der Waals surface area contributed by atoms with Crippen molar-refractivity contribution in [2.75, 3.05) is 39.5 Å². The van der Waals surface area contributed by atoms with E-state index in [1.807, 2.05) is 32.9 Å². The molecule has 2 rings (SSSR count). The number of aryl methyl sites for hydroxylation is 1. The second-order valence-electron chi connectivity index (χ2n) is 6.78. The van der Waals surface area contributed by atoms with Gasteiger partial charge in [-0.15, -0.1) is 0 Å². The highest BCUT2D eigenvalue weighted by Crippen LogP contribution is 2.21. The van der Waals surface area contributed by atoms with Gasteiger partial charge in [-0.05, 0) is 44.5 Å². The van der Waals surface area contributed by atoms with E-state index in [2.05, 4.69) is 32.0 Å². The fourth-order valence-electron chi connectivity index (χ4n) is 2.74. The first-order chi connectivity index (χ1) is 15.1. The molecule has 0 saturated heterocycles. The molecule has 31 heavy (non-hydrogen) atoms. The Kier molecular flexibility index (Phi) is 10.9. The molecular formula is C23H33N5O3. The zero-order valence-electron chi connectivity index (χ0n) is 18.6. The summed E-state index contributed by atoms with van der Waals surface area (Å²) in [5, 5.41) is 9.32. The minimum atomic E-state index is -0.148. The summed E-state index contributed by atoms with van der Waals surface area (Å²) in [4.78, 5) is 20.7. The lowest BCUT2D eigenvalue weighted by atomic mass is 10.1. The molecule has 0 saturated carbocycles. The molecule has 1 amide bonds. The standard InChI is InChI=1S/C23H33N5O3/c1-4-25-23(27-12-11-26-22(29)20-7-6-10-24-16-20)28-17-19-9-8-18(3)15-21(19)31-14-13-30-5-2/h6-10,15-16H,4-5,11-14,17H2,1-3H3,(H,26,29)(H2,25,27,28). The lowest BCUT2D eigenvalue weighted by molar-refractivity contribution is 0.0954. The smallest absolute Gasteiger partial charge is 0.252 e. The lowest BCUT2D eigenvalue weighted by Crippen LogP contribution is -2.41. The Bertz CT molecular complexity index is 827. The number of pyridine rings is 1. The quantitative estimate of drug-likeness (QED) is 0.273. The fourth-order valence-corrected chi connectivity index (χ4v) is 2.74.